The van der Waals surface area contributed by atoms with Crippen molar-refractivity contribution in [1.82, 2.24) is 10.3 Å². The summed E-state index contributed by atoms with van der Waals surface area (Å²) in [5.41, 5.74) is 2.77. The molecule has 1 N–H and O–H groups in total. The molecule has 2 aromatic rings. The topological polar surface area (TPSA) is 24.9 Å². The van der Waals surface area contributed by atoms with Crippen LogP contribution in [0.1, 0.15) is 29.5 Å². The summed E-state index contributed by atoms with van der Waals surface area (Å²) in [6.45, 7) is 0.759. The SMILES string of the molecule is Fc1cc(CNC2CC2)ccc1Cc1cccnc1. The number of nitrogens with one attached hydrogen (secondary N) is 1. The number of halogens is 1. The first kappa shape index (κ1) is 12.3. The summed E-state index contributed by atoms with van der Waals surface area (Å²) in [4.78, 5) is 4.05. The number of aromatic nitrogens is 1. The van der Waals surface area contributed by atoms with Crippen LogP contribution in [-0.2, 0) is 13.0 Å². The highest BCUT2D eigenvalue weighted by molar-refractivity contribution is 5.29. The summed E-state index contributed by atoms with van der Waals surface area (Å²) in [7, 11) is 0. The quantitative estimate of drug-likeness (QED) is 0.889. The zero-order valence-electron chi connectivity index (χ0n) is 10.8. The average molecular weight is 256 g/mol. The molecule has 0 radical (unpaired) electrons. The molecule has 1 heterocycles. The Labute approximate surface area is 112 Å². The maximum absolute atomic E-state index is 14.0. The van der Waals surface area contributed by atoms with E-state index in [-0.39, 0.29) is 5.82 Å². The molecule has 0 amide bonds. The van der Waals surface area contributed by atoms with Gasteiger partial charge in [0.05, 0.1) is 0 Å². The van der Waals surface area contributed by atoms with Gasteiger partial charge >= 0.3 is 0 Å². The Kier molecular flexibility index (Phi) is 3.56. The Morgan fingerprint density at radius 2 is 2.11 bits per heavy atom. The number of benzene rings is 1. The molecule has 0 spiro atoms. The molecule has 1 fully saturated rings. The fraction of sp³-hybridized carbons (Fsp3) is 0.312. The minimum atomic E-state index is -0.126. The normalized spacial score (nSPS) is 14.6. The zero-order valence-corrected chi connectivity index (χ0v) is 10.8. The molecule has 1 aliphatic rings. The van der Waals surface area contributed by atoms with E-state index in [0.717, 1.165) is 23.2 Å². The van der Waals surface area contributed by atoms with E-state index in [0.29, 0.717) is 12.5 Å². The third kappa shape index (κ3) is 3.38. The lowest BCUT2D eigenvalue weighted by atomic mass is 10.0. The number of nitrogens with zero attached hydrogens (tertiary/aromatic N) is 1. The lowest BCUT2D eigenvalue weighted by molar-refractivity contribution is 0.606. The first-order chi connectivity index (χ1) is 9.31. The van der Waals surface area contributed by atoms with Gasteiger partial charge < -0.3 is 5.32 Å². The van der Waals surface area contributed by atoms with Crippen molar-refractivity contribution in [2.24, 2.45) is 0 Å². The van der Waals surface area contributed by atoms with Crippen molar-refractivity contribution in [3.63, 3.8) is 0 Å². The number of hydrogen-bond donors (Lipinski definition) is 1. The first-order valence-electron chi connectivity index (χ1n) is 6.71. The standard InChI is InChI=1S/C16H17FN2/c17-16-9-13(11-19-15-5-6-15)3-4-14(16)8-12-2-1-7-18-10-12/h1-4,7,9-10,15,19H,5-6,8,11H2. The molecule has 0 saturated heterocycles. The van der Waals surface area contributed by atoms with Gasteiger partial charge in [-0.25, -0.2) is 4.39 Å². The second-order valence-corrected chi connectivity index (χ2v) is 5.12. The molecule has 1 saturated carbocycles. The third-order valence-electron chi connectivity index (χ3n) is 3.41. The van der Waals surface area contributed by atoms with Crippen molar-refractivity contribution in [1.29, 1.82) is 0 Å². The monoisotopic (exact) mass is 256 g/mol. The van der Waals surface area contributed by atoms with Gasteiger partial charge in [-0.05, 0) is 41.7 Å². The molecule has 19 heavy (non-hydrogen) atoms. The van der Waals surface area contributed by atoms with E-state index in [1.165, 1.54) is 12.8 Å². The number of pyridine rings is 1. The molecule has 0 aliphatic heterocycles. The molecule has 1 aliphatic carbocycles. The number of rotatable bonds is 5. The van der Waals surface area contributed by atoms with Gasteiger partial charge in [0.2, 0.25) is 0 Å². The van der Waals surface area contributed by atoms with Crippen LogP contribution in [0.15, 0.2) is 42.7 Å². The van der Waals surface area contributed by atoms with Crippen LogP contribution in [0.3, 0.4) is 0 Å². The van der Waals surface area contributed by atoms with Crippen LogP contribution in [0.4, 0.5) is 4.39 Å². The molecule has 3 heteroatoms. The smallest absolute Gasteiger partial charge is 0.127 e. The van der Waals surface area contributed by atoms with Crippen LogP contribution in [0.25, 0.3) is 0 Å². The first-order valence-corrected chi connectivity index (χ1v) is 6.71. The van der Waals surface area contributed by atoms with Crippen LogP contribution in [-0.4, -0.2) is 11.0 Å². The predicted octanol–water partition coefficient (Wildman–Crippen LogP) is 3.06. The molecule has 0 atom stereocenters. The fourth-order valence-corrected chi connectivity index (χ4v) is 2.12. The molecule has 2 nitrogen and oxygen atoms in total. The summed E-state index contributed by atoms with van der Waals surface area (Å²) in [5.74, 6) is -0.126. The van der Waals surface area contributed by atoms with Crippen molar-refractivity contribution in [3.05, 3.63) is 65.2 Å². The minimum Gasteiger partial charge on any atom is -0.310 e. The summed E-state index contributed by atoms with van der Waals surface area (Å²) >= 11 is 0. The van der Waals surface area contributed by atoms with E-state index in [1.807, 2.05) is 24.3 Å². The van der Waals surface area contributed by atoms with Crippen LogP contribution in [0.5, 0.6) is 0 Å². The Morgan fingerprint density at radius 3 is 2.79 bits per heavy atom. The van der Waals surface area contributed by atoms with Crippen LogP contribution in [0, 0.1) is 5.82 Å². The van der Waals surface area contributed by atoms with Crippen molar-refractivity contribution < 1.29 is 4.39 Å². The molecule has 98 valence electrons. The summed E-state index contributed by atoms with van der Waals surface area (Å²) in [6.07, 6.45) is 6.60. The van der Waals surface area contributed by atoms with Gasteiger partial charge in [-0.15, -0.1) is 0 Å². The van der Waals surface area contributed by atoms with E-state index in [2.05, 4.69) is 10.3 Å². The minimum absolute atomic E-state index is 0.126. The lowest BCUT2D eigenvalue weighted by Gasteiger charge is -2.07. The number of hydrogen-bond acceptors (Lipinski definition) is 2. The van der Waals surface area contributed by atoms with Gasteiger partial charge in [-0.2, -0.15) is 0 Å². The van der Waals surface area contributed by atoms with Crippen molar-refractivity contribution in [2.45, 2.75) is 31.8 Å². The predicted molar refractivity (Wildman–Crippen MR) is 73.3 cm³/mol. The van der Waals surface area contributed by atoms with Crippen molar-refractivity contribution >= 4 is 0 Å². The summed E-state index contributed by atoms with van der Waals surface area (Å²) < 4.78 is 14.0. The van der Waals surface area contributed by atoms with Crippen molar-refractivity contribution in [3.8, 4) is 0 Å². The summed E-state index contributed by atoms with van der Waals surface area (Å²) in [5, 5.41) is 3.39. The van der Waals surface area contributed by atoms with Gasteiger partial charge in [0.1, 0.15) is 5.82 Å². The molecule has 0 bridgehead atoms. The van der Waals surface area contributed by atoms with Gasteiger partial charge in [0.25, 0.3) is 0 Å². The molecule has 1 aromatic heterocycles. The third-order valence-corrected chi connectivity index (χ3v) is 3.41. The largest absolute Gasteiger partial charge is 0.310 e. The zero-order chi connectivity index (χ0) is 13.1. The van der Waals surface area contributed by atoms with E-state index in [1.54, 1.807) is 18.5 Å². The highest BCUT2D eigenvalue weighted by Crippen LogP contribution is 2.20. The van der Waals surface area contributed by atoms with Gasteiger partial charge in [-0.3, -0.25) is 4.98 Å². The van der Waals surface area contributed by atoms with E-state index in [4.69, 9.17) is 0 Å². The Bertz CT molecular complexity index is 550. The molecule has 1 aromatic carbocycles. The van der Waals surface area contributed by atoms with Crippen molar-refractivity contribution in [2.75, 3.05) is 0 Å². The van der Waals surface area contributed by atoms with Crippen LogP contribution in [0.2, 0.25) is 0 Å². The van der Waals surface area contributed by atoms with E-state index < -0.39 is 0 Å². The van der Waals surface area contributed by atoms with Gasteiger partial charge in [-0.1, -0.05) is 18.2 Å². The maximum Gasteiger partial charge on any atom is 0.127 e. The second kappa shape index (κ2) is 5.49. The molecule has 0 unspecified atom stereocenters. The Hall–Kier alpha value is -1.74. The average Bonchev–Trinajstić information content (AvgIpc) is 3.25. The van der Waals surface area contributed by atoms with Crippen LogP contribution < -0.4 is 5.32 Å². The Balaban J connectivity index is 1.68. The van der Waals surface area contributed by atoms with Gasteiger partial charge in [0.15, 0.2) is 0 Å². The van der Waals surface area contributed by atoms with E-state index >= 15 is 0 Å². The lowest BCUT2D eigenvalue weighted by Crippen LogP contribution is -2.15. The maximum atomic E-state index is 14.0. The highest BCUT2D eigenvalue weighted by atomic mass is 19.1. The van der Waals surface area contributed by atoms with Gasteiger partial charge in [0, 0.05) is 31.4 Å². The molecule has 3 rings (SSSR count). The van der Waals surface area contributed by atoms with E-state index in [9.17, 15) is 4.39 Å². The Morgan fingerprint density at radius 1 is 1.21 bits per heavy atom. The summed E-state index contributed by atoms with van der Waals surface area (Å²) in [6, 6.07) is 10.0. The highest BCUT2D eigenvalue weighted by Gasteiger charge is 2.20. The van der Waals surface area contributed by atoms with Crippen LogP contribution >= 0.6 is 0 Å². The molecular formula is C16H17FN2. The fourth-order valence-electron chi connectivity index (χ4n) is 2.12. The molecular weight excluding hydrogens is 239 g/mol. The second-order valence-electron chi connectivity index (χ2n) is 5.12.